The van der Waals surface area contributed by atoms with E-state index in [1.807, 2.05) is 37.3 Å². The van der Waals surface area contributed by atoms with Crippen LogP contribution >= 0.6 is 0 Å². The van der Waals surface area contributed by atoms with Crippen LogP contribution < -0.4 is 10.1 Å². The van der Waals surface area contributed by atoms with Gasteiger partial charge in [0.1, 0.15) is 17.9 Å². The van der Waals surface area contributed by atoms with Crippen molar-refractivity contribution >= 4 is 11.9 Å². The fourth-order valence-electron chi connectivity index (χ4n) is 2.66. The maximum atomic E-state index is 12.3. The number of pyridine rings is 1. The highest BCUT2D eigenvalue weighted by atomic mass is 16.5. The summed E-state index contributed by atoms with van der Waals surface area (Å²) in [6, 6.07) is 11.0. The Bertz CT molecular complexity index is 748. The van der Waals surface area contributed by atoms with Crippen LogP contribution in [0.25, 0.3) is 0 Å². The molecule has 1 heterocycles. The number of hydrogen-bond donors (Lipinski definition) is 2. The Hall–Kier alpha value is -2.89. The summed E-state index contributed by atoms with van der Waals surface area (Å²) in [4.78, 5) is 27.7. The van der Waals surface area contributed by atoms with Crippen molar-refractivity contribution in [1.82, 2.24) is 10.3 Å². The first-order valence-corrected chi connectivity index (χ1v) is 8.58. The van der Waals surface area contributed by atoms with Gasteiger partial charge in [-0.3, -0.25) is 9.78 Å². The van der Waals surface area contributed by atoms with Gasteiger partial charge in [-0.1, -0.05) is 31.5 Å². The van der Waals surface area contributed by atoms with Gasteiger partial charge in [0.05, 0.1) is 6.42 Å². The molecular weight excluding hydrogens is 332 g/mol. The zero-order valence-electron chi connectivity index (χ0n) is 15.1. The molecule has 1 aromatic carbocycles. The molecule has 0 radical (unpaired) electrons. The number of nitrogens with one attached hydrogen (secondary N) is 1. The summed E-state index contributed by atoms with van der Waals surface area (Å²) in [5.74, 6) is -0.706. The third-order valence-corrected chi connectivity index (χ3v) is 4.03. The SMILES string of the molecule is CCCC(C)(NC(=O)Cc1cccc(OCc2cccnc2)c1)C(=O)O. The highest BCUT2D eigenvalue weighted by Gasteiger charge is 2.33. The molecule has 2 aromatic rings. The van der Waals surface area contributed by atoms with Crippen molar-refractivity contribution in [2.24, 2.45) is 0 Å². The van der Waals surface area contributed by atoms with Gasteiger partial charge in [-0.15, -0.1) is 0 Å². The Balaban J connectivity index is 1.97. The number of rotatable bonds is 9. The van der Waals surface area contributed by atoms with E-state index in [1.54, 1.807) is 18.5 Å². The molecule has 1 atom stereocenters. The molecule has 0 saturated carbocycles. The second kappa shape index (κ2) is 8.99. The first-order chi connectivity index (χ1) is 12.4. The average molecular weight is 356 g/mol. The summed E-state index contributed by atoms with van der Waals surface area (Å²) >= 11 is 0. The first kappa shape index (κ1) is 19.4. The van der Waals surface area contributed by atoms with Crippen molar-refractivity contribution in [1.29, 1.82) is 0 Å². The van der Waals surface area contributed by atoms with Gasteiger partial charge in [-0.05, 0) is 37.1 Å². The van der Waals surface area contributed by atoms with Gasteiger partial charge in [0.2, 0.25) is 5.91 Å². The van der Waals surface area contributed by atoms with Crippen LogP contribution in [0, 0.1) is 0 Å². The molecule has 0 aliphatic carbocycles. The van der Waals surface area contributed by atoms with E-state index in [1.165, 1.54) is 6.92 Å². The van der Waals surface area contributed by atoms with Crippen LogP contribution in [-0.2, 0) is 22.6 Å². The average Bonchev–Trinajstić information content (AvgIpc) is 2.61. The number of amides is 1. The van der Waals surface area contributed by atoms with Crippen molar-refractivity contribution in [3.63, 3.8) is 0 Å². The van der Waals surface area contributed by atoms with Crippen molar-refractivity contribution in [3.8, 4) is 5.75 Å². The fourth-order valence-corrected chi connectivity index (χ4v) is 2.66. The fraction of sp³-hybridized carbons (Fsp3) is 0.350. The molecule has 0 saturated heterocycles. The van der Waals surface area contributed by atoms with Gasteiger partial charge < -0.3 is 15.2 Å². The standard InChI is InChI=1S/C20H24N2O4/c1-3-9-20(2,19(24)25)22-18(23)12-15-6-4-8-17(11-15)26-14-16-7-5-10-21-13-16/h4-8,10-11,13H,3,9,12,14H2,1-2H3,(H,22,23)(H,24,25). The maximum absolute atomic E-state index is 12.3. The molecule has 1 amide bonds. The minimum Gasteiger partial charge on any atom is -0.489 e. The molecule has 0 spiro atoms. The predicted molar refractivity (Wildman–Crippen MR) is 97.8 cm³/mol. The van der Waals surface area contributed by atoms with Gasteiger partial charge in [0, 0.05) is 18.0 Å². The number of benzene rings is 1. The van der Waals surface area contributed by atoms with Crippen LogP contribution in [0.15, 0.2) is 48.8 Å². The van der Waals surface area contributed by atoms with Crippen molar-refractivity contribution in [2.45, 2.75) is 45.3 Å². The summed E-state index contributed by atoms with van der Waals surface area (Å²) < 4.78 is 5.73. The lowest BCUT2D eigenvalue weighted by Gasteiger charge is -2.25. The molecule has 0 bridgehead atoms. The van der Waals surface area contributed by atoms with Crippen LogP contribution in [0.3, 0.4) is 0 Å². The summed E-state index contributed by atoms with van der Waals surface area (Å²) in [5, 5.41) is 12.0. The summed E-state index contributed by atoms with van der Waals surface area (Å²) in [6.45, 7) is 3.80. The smallest absolute Gasteiger partial charge is 0.329 e. The highest BCUT2D eigenvalue weighted by molar-refractivity contribution is 5.87. The maximum Gasteiger partial charge on any atom is 0.329 e. The third-order valence-electron chi connectivity index (χ3n) is 4.03. The molecule has 2 rings (SSSR count). The van der Waals surface area contributed by atoms with Gasteiger partial charge in [0.15, 0.2) is 0 Å². The Morgan fingerprint density at radius 3 is 2.65 bits per heavy atom. The summed E-state index contributed by atoms with van der Waals surface area (Å²) in [5.41, 5.74) is 0.461. The Labute approximate surface area is 153 Å². The topological polar surface area (TPSA) is 88.5 Å². The number of carboxylic acids is 1. The van der Waals surface area contributed by atoms with E-state index in [4.69, 9.17) is 4.74 Å². The van der Waals surface area contributed by atoms with Gasteiger partial charge in [-0.2, -0.15) is 0 Å². The van der Waals surface area contributed by atoms with Crippen LogP contribution in [0.4, 0.5) is 0 Å². The van der Waals surface area contributed by atoms with Crippen molar-refractivity contribution in [2.75, 3.05) is 0 Å². The second-order valence-corrected chi connectivity index (χ2v) is 6.41. The van der Waals surface area contributed by atoms with Crippen LogP contribution in [-0.4, -0.2) is 27.5 Å². The quantitative estimate of drug-likeness (QED) is 0.721. The lowest BCUT2D eigenvalue weighted by molar-refractivity contribution is -0.147. The summed E-state index contributed by atoms with van der Waals surface area (Å²) in [7, 11) is 0. The lowest BCUT2D eigenvalue weighted by atomic mass is 9.96. The Kier molecular flexibility index (Phi) is 6.72. The number of carbonyl (C=O) groups excluding carboxylic acids is 1. The van der Waals surface area contributed by atoms with Crippen molar-refractivity contribution in [3.05, 3.63) is 59.9 Å². The van der Waals surface area contributed by atoms with E-state index in [0.717, 1.165) is 11.1 Å². The molecule has 6 nitrogen and oxygen atoms in total. The number of aromatic nitrogens is 1. The molecule has 0 aliphatic heterocycles. The largest absolute Gasteiger partial charge is 0.489 e. The van der Waals surface area contributed by atoms with Gasteiger partial charge >= 0.3 is 5.97 Å². The van der Waals surface area contributed by atoms with Crippen LogP contribution in [0.5, 0.6) is 5.75 Å². The van der Waals surface area contributed by atoms with Gasteiger partial charge in [-0.25, -0.2) is 4.79 Å². The molecule has 1 unspecified atom stereocenters. The summed E-state index contributed by atoms with van der Waals surface area (Å²) in [6.07, 6.45) is 4.57. The number of carboxylic acid groups (broad SMARTS) is 1. The predicted octanol–water partition coefficient (Wildman–Crippen LogP) is 2.96. The normalized spacial score (nSPS) is 12.8. The number of nitrogens with zero attached hydrogens (tertiary/aromatic N) is 1. The van der Waals surface area contributed by atoms with Crippen molar-refractivity contribution < 1.29 is 19.4 Å². The van der Waals surface area contributed by atoms with E-state index >= 15 is 0 Å². The molecule has 0 aliphatic rings. The number of aliphatic carboxylic acids is 1. The third kappa shape index (κ3) is 5.58. The number of hydrogen-bond acceptors (Lipinski definition) is 4. The number of ether oxygens (including phenoxy) is 1. The van der Waals surface area contributed by atoms with E-state index in [9.17, 15) is 14.7 Å². The zero-order valence-corrected chi connectivity index (χ0v) is 15.1. The number of carbonyl (C=O) groups is 2. The minimum absolute atomic E-state index is 0.0939. The highest BCUT2D eigenvalue weighted by Crippen LogP contribution is 2.17. The molecular formula is C20H24N2O4. The molecule has 6 heteroatoms. The van der Waals surface area contributed by atoms with E-state index in [2.05, 4.69) is 10.3 Å². The zero-order chi connectivity index (χ0) is 19.0. The molecule has 0 fully saturated rings. The van der Waals surface area contributed by atoms with E-state index < -0.39 is 11.5 Å². The molecule has 26 heavy (non-hydrogen) atoms. The molecule has 138 valence electrons. The monoisotopic (exact) mass is 356 g/mol. The van der Waals surface area contributed by atoms with Crippen LogP contribution in [0.2, 0.25) is 0 Å². The molecule has 2 N–H and O–H groups in total. The van der Waals surface area contributed by atoms with E-state index in [0.29, 0.717) is 25.2 Å². The minimum atomic E-state index is -1.25. The molecule has 1 aromatic heterocycles. The Morgan fingerprint density at radius 2 is 2.00 bits per heavy atom. The van der Waals surface area contributed by atoms with Gasteiger partial charge in [0.25, 0.3) is 0 Å². The van der Waals surface area contributed by atoms with E-state index in [-0.39, 0.29) is 12.3 Å². The second-order valence-electron chi connectivity index (χ2n) is 6.41. The first-order valence-electron chi connectivity index (χ1n) is 8.58. The van der Waals surface area contributed by atoms with Crippen LogP contribution in [0.1, 0.15) is 37.8 Å². The Morgan fingerprint density at radius 1 is 1.23 bits per heavy atom. The lowest BCUT2D eigenvalue weighted by Crippen LogP contribution is -2.52.